The third kappa shape index (κ3) is 4.11. The molecule has 1 heterocycles. The van der Waals surface area contributed by atoms with Crippen LogP contribution in [0.15, 0.2) is 53.0 Å². The predicted octanol–water partition coefficient (Wildman–Crippen LogP) is 4.27. The molecule has 0 unspecified atom stereocenters. The van der Waals surface area contributed by atoms with E-state index in [2.05, 4.69) is 50.4 Å². The Kier molecular flexibility index (Phi) is 5.74. The van der Waals surface area contributed by atoms with Crippen molar-refractivity contribution >= 4 is 21.8 Å². The molecule has 1 saturated carbocycles. The Morgan fingerprint density at radius 2 is 1.93 bits per heavy atom. The number of likely N-dealkylation sites (tertiary alicyclic amines) is 1. The van der Waals surface area contributed by atoms with Gasteiger partial charge in [0.15, 0.2) is 0 Å². The van der Waals surface area contributed by atoms with Crippen LogP contribution in [0.3, 0.4) is 0 Å². The van der Waals surface area contributed by atoms with Gasteiger partial charge in [-0.3, -0.25) is 9.69 Å². The van der Waals surface area contributed by atoms with E-state index in [0.717, 1.165) is 61.1 Å². The number of halogens is 1. The standard InChI is InChI=1S/C23H27BrN2O2/c1-28-21-8-3-2-5-17(21)16-26-13-9-20(10-14-26)25-22(27)23(11-12-23)18-6-4-7-19(24)15-18/h2-8,15,20H,9-14,16H2,1H3,(H,25,27). The van der Waals surface area contributed by atoms with Crippen LogP contribution in [0.4, 0.5) is 0 Å². The van der Waals surface area contributed by atoms with Crippen molar-refractivity contribution in [2.45, 2.75) is 43.7 Å². The Morgan fingerprint density at radius 1 is 1.18 bits per heavy atom. The number of hydrogen-bond acceptors (Lipinski definition) is 3. The van der Waals surface area contributed by atoms with Gasteiger partial charge in [-0.1, -0.05) is 46.3 Å². The van der Waals surface area contributed by atoms with Crippen molar-refractivity contribution in [3.05, 3.63) is 64.1 Å². The van der Waals surface area contributed by atoms with Crippen LogP contribution >= 0.6 is 15.9 Å². The highest BCUT2D eigenvalue weighted by Gasteiger charge is 2.51. The summed E-state index contributed by atoms with van der Waals surface area (Å²) in [4.78, 5) is 15.5. The molecule has 2 aromatic rings. The Hall–Kier alpha value is -1.85. The van der Waals surface area contributed by atoms with E-state index in [1.54, 1.807) is 7.11 Å². The normalized spacial score (nSPS) is 19.2. The van der Waals surface area contributed by atoms with E-state index >= 15 is 0 Å². The maximum Gasteiger partial charge on any atom is 0.230 e. The fourth-order valence-electron chi connectivity index (χ4n) is 4.19. The predicted molar refractivity (Wildman–Crippen MR) is 114 cm³/mol. The Balaban J connectivity index is 1.32. The number of carbonyl (C=O) groups excluding carboxylic acids is 1. The van der Waals surface area contributed by atoms with Gasteiger partial charge in [0, 0.05) is 35.7 Å². The quantitative estimate of drug-likeness (QED) is 0.725. The minimum Gasteiger partial charge on any atom is -0.496 e. The van der Waals surface area contributed by atoms with Crippen molar-refractivity contribution in [3.8, 4) is 5.75 Å². The first-order valence-corrected chi connectivity index (χ1v) is 10.8. The van der Waals surface area contributed by atoms with E-state index in [1.807, 2.05) is 24.3 Å². The van der Waals surface area contributed by atoms with Crippen molar-refractivity contribution < 1.29 is 9.53 Å². The Labute approximate surface area is 175 Å². The third-order valence-electron chi connectivity index (χ3n) is 6.07. The third-order valence-corrected chi connectivity index (χ3v) is 6.56. The summed E-state index contributed by atoms with van der Waals surface area (Å²) in [7, 11) is 1.72. The summed E-state index contributed by atoms with van der Waals surface area (Å²) >= 11 is 3.53. The molecule has 0 aromatic heterocycles. The average Bonchev–Trinajstić information content (AvgIpc) is 3.52. The van der Waals surface area contributed by atoms with Crippen LogP contribution in [0.25, 0.3) is 0 Å². The molecule has 1 N–H and O–H groups in total. The molecule has 1 saturated heterocycles. The lowest BCUT2D eigenvalue weighted by Crippen LogP contribution is -2.47. The zero-order valence-electron chi connectivity index (χ0n) is 16.3. The summed E-state index contributed by atoms with van der Waals surface area (Å²) in [6.07, 6.45) is 3.88. The number of nitrogens with zero attached hydrogens (tertiary/aromatic N) is 1. The van der Waals surface area contributed by atoms with E-state index < -0.39 is 0 Å². The van der Waals surface area contributed by atoms with E-state index in [4.69, 9.17) is 4.74 Å². The second-order valence-corrected chi connectivity index (χ2v) is 8.84. The molecule has 28 heavy (non-hydrogen) atoms. The number of methoxy groups -OCH3 is 1. The van der Waals surface area contributed by atoms with Crippen LogP contribution in [0.2, 0.25) is 0 Å². The van der Waals surface area contributed by atoms with Crippen molar-refractivity contribution in [3.63, 3.8) is 0 Å². The average molecular weight is 443 g/mol. The molecule has 1 amide bonds. The van der Waals surface area contributed by atoms with Gasteiger partial charge in [0.2, 0.25) is 5.91 Å². The highest BCUT2D eigenvalue weighted by atomic mass is 79.9. The summed E-state index contributed by atoms with van der Waals surface area (Å²) < 4.78 is 6.50. The van der Waals surface area contributed by atoms with Crippen molar-refractivity contribution in [1.82, 2.24) is 10.2 Å². The van der Waals surface area contributed by atoms with Gasteiger partial charge in [-0.15, -0.1) is 0 Å². The van der Waals surface area contributed by atoms with E-state index in [9.17, 15) is 4.79 Å². The second kappa shape index (κ2) is 8.26. The number of nitrogens with one attached hydrogen (secondary N) is 1. The largest absolute Gasteiger partial charge is 0.496 e. The molecule has 0 atom stereocenters. The minimum absolute atomic E-state index is 0.203. The Morgan fingerprint density at radius 3 is 2.61 bits per heavy atom. The molecule has 4 nitrogen and oxygen atoms in total. The molecular formula is C23H27BrN2O2. The van der Waals surface area contributed by atoms with Gasteiger partial charge in [0.05, 0.1) is 12.5 Å². The molecule has 0 radical (unpaired) electrons. The minimum atomic E-state index is -0.307. The topological polar surface area (TPSA) is 41.6 Å². The molecule has 0 spiro atoms. The van der Waals surface area contributed by atoms with Crippen LogP contribution in [0.1, 0.15) is 36.8 Å². The first kappa shape index (κ1) is 19.5. The first-order valence-electron chi connectivity index (χ1n) is 10.0. The highest BCUT2D eigenvalue weighted by Crippen LogP contribution is 2.49. The van der Waals surface area contributed by atoms with Crippen molar-refractivity contribution in [1.29, 1.82) is 0 Å². The van der Waals surface area contributed by atoms with Crippen molar-refractivity contribution in [2.75, 3.05) is 20.2 Å². The zero-order valence-corrected chi connectivity index (χ0v) is 17.9. The maximum absolute atomic E-state index is 13.0. The summed E-state index contributed by atoms with van der Waals surface area (Å²) in [5.74, 6) is 1.15. The lowest BCUT2D eigenvalue weighted by molar-refractivity contribution is -0.124. The maximum atomic E-state index is 13.0. The van der Waals surface area contributed by atoms with Gasteiger partial charge >= 0.3 is 0 Å². The second-order valence-electron chi connectivity index (χ2n) is 7.93. The lowest BCUT2D eigenvalue weighted by atomic mass is 9.94. The van der Waals surface area contributed by atoms with Crippen LogP contribution in [-0.4, -0.2) is 37.0 Å². The van der Waals surface area contributed by atoms with E-state index in [-0.39, 0.29) is 17.4 Å². The number of ether oxygens (including phenoxy) is 1. The number of benzene rings is 2. The van der Waals surface area contributed by atoms with Crippen LogP contribution in [0.5, 0.6) is 5.75 Å². The van der Waals surface area contributed by atoms with Gasteiger partial charge in [0.1, 0.15) is 5.75 Å². The fourth-order valence-corrected chi connectivity index (χ4v) is 4.59. The van der Waals surface area contributed by atoms with Gasteiger partial charge in [0.25, 0.3) is 0 Å². The van der Waals surface area contributed by atoms with Gasteiger partial charge in [-0.25, -0.2) is 0 Å². The van der Waals surface area contributed by atoms with E-state index in [1.165, 1.54) is 5.56 Å². The summed E-state index contributed by atoms with van der Waals surface area (Å²) in [6.45, 7) is 2.88. The smallest absolute Gasteiger partial charge is 0.230 e. The monoisotopic (exact) mass is 442 g/mol. The molecule has 5 heteroatoms. The van der Waals surface area contributed by atoms with Crippen LogP contribution in [0, 0.1) is 0 Å². The number of rotatable bonds is 6. The van der Waals surface area contributed by atoms with Crippen LogP contribution in [-0.2, 0) is 16.8 Å². The number of carbonyl (C=O) groups is 1. The number of piperidine rings is 1. The summed E-state index contributed by atoms with van der Waals surface area (Å²) in [5.41, 5.74) is 2.05. The van der Waals surface area contributed by atoms with E-state index in [0.29, 0.717) is 0 Å². The summed E-state index contributed by atoms with van der Waals surface area (Å²) in [5, 5.41) is 3.34. The first-order chi connectivity index (χ1) is 13.6. The SMILES string of the molecule is COc1ccccc1CN1CCC(NC(=O)C2(c3cccc(Br)c3)CC2)CC1. The molecule has 2 aliphatic rings. The molecular weight excluding hydrogens is 416 g/mol. The van der Waals surface area contributed by atoms with Gasteiger partial charge < -0.3 is 10.1 Å². The molecule has 2 aromatic carbocycles. The number of hydrogen-bond donors (Lipinski definition) is 1. The Bertz CT molecular complexity index is 842. The molecule has 0 bridgehead atoms. The molecule has 2 fully saturated rings. The van der Waals surface area contributed by atoms with Gasteiger partial charge in [-0.05, 0) is 49.4 Å². The number of para-hydroxylation sites is 1. The highest BCUT2D eigenvalue weighted by molar-refractivity contribution is 9.10. The molecule has 1 aliphatic carbocycles. The van der Waals surface area contributed by atoms with Crippen molar-refractivity contribution in [2.24, 2.45) is 0 Å². The van der Waals surface area contributed by atoms with Gasteiger partial charge in [-0.2, -0.15) is 0 Å². The molecule has 4 rings (SSSR count). The number of amides is 1. The lowest BCUT2D eigenvalue weighted by Gasteiger charge is -2.33. The molecule has 1 aliphatic heterocycles. The summed E-state index contributed by atoms with van der Waals surface area (Å²) in [6, 6.07) is 16.7. The van der Waals surface area contributed by atoms with Crippen LogP contribution < -0.4 is 10.1 Å². The molecule has 148 valence electrons. The fraction of sp³-hybridized carbons (Fsp3) is 0.435. The zero-order chi connectivity index (χ0) is 19.6.